The highest BCUT2D eigenvalue weighted by atomic mass is 16.6. The molecule has 1 N–H and O–H groups in total. The van der Waals surface area contributed by atoms with Gasteiger partial charge in [-0.15, -0.1) is 0 Å². The Morgan fingerprint density at radius 2 is 1.89 bits per heavy atom. The van der Waals surface area contributed by atoms with Crippen LogP contribution in [0.4, 0.5) is 10.5 Å². The molecule has 0 unspecified atom stereocenters. The number of carbonyl (C=O) groups is 2. The van der Waals surface area contributed by atoms with Crippen LogP contribution in [0.25, 0.3) is 0 Å². The van der Waals surface area contributed by atoms with Crippen LogP contribution >= 0.6 is 0 Å². The third-order valence-electron chi connectivity index (χ3n) is 2.67. The first kappa shape index (κ1) is 15.0. The van der Waals surface area contributed by atoms with E-state index in [4.69, 9.17) is 4.74 Å². The Labute approximate surface area is 113 Å². The standard InChI is InChI=1S/C14H20N2O3/c1-4-13(17)15-11-8-7-9-12(10-11)19-14(18)16(5-2)6-3/h7-10H,4-6H2,1-3H3,(H,15,17). The molecule has 2 amide bonds. The summed E-state index contributed by atoms with van der Waals surface area (Å²) in [7, 11) is 0. The average molecular weight is 264 g/mol. The first-order chi connectivity index (χ1) is 9.10. The van der Waals surface area contributed by atoms with Gasteiger partial charge in [0, 0.05) is 31.3 Å². The summed E-state index contributed by atoms with van der Waals surface area (Å²) in [6.45, 7) is 6.76. The van der Waals surface area contributed by atoms with Gasteiger partial charge < -0.3 is 15.0 Å². The molecule has 0 fully saturated rings. The Kier molecular flexibility index (Phi) is 5.85. The van der Waals surface area contributed by atoms with Gasteiger partial charge in [0.1, 0.15) is 5.75 Å². The van der Waals surface area contributed by atoms with E-state index in [1.54, 1.807) is 36.1 Å². The maximum Gasteiger partial charge on any atom is 0.415 e. The SMILES string of the molecule is CCC(=O)Nc1cccc(OC(=O)N(CC)CC)c1. The molecule has 1 aromatic carbocycles. The third-order valence-corrected chi connectivity index (χ3v) is 2.67. The highest BCUT2D eigenvalue weighted by Gasteiger charge is 2.12. The van der Waals surface area contributed by atoms with E-state index >= 15 is 0 Å². The van der Waals surface area contributed by atoms with Crippen molar-refractivity contribution in [3.8, 4) is 5.75 Å². The first-order valence-electron chi connectivity index (χ1n) is 6.47. The minimum absolute atomic E-state index is 0.0766. The molecule has 0 saturated carbocycles. The van der Waals surface area contributed by atoms with Crippen LogP contribution in [-0.2, 0) is 4.79 Å². The zero-order valence-corrected chi connectivity index (χ0v) is 11.6. The maximum absolute atomic E-state index is 11.8. The fourth-order valence-corrected chi connectivity index (χ4v) is 1.53. The quantitative estimate of drug-likeness (QED) is 0.889. The predicted molar refractivity (Wildman–Crippen MR) is 74.3 cm³/mol. The lowest BCUT2D eigenvalue weighted by Crippen LogP contribution is -2.33. The van der Waals surface area contributed by atoms with Crippen LogP contribution < -0.4 is 10.1 Å². The summed E-state index contributed by atoms with van der Waals surface area (Å²) in [5.41, 5.74) is 0.622. The molecule has 1 rings (SSSR count). The molecule has 0 spiro atoms. The Hall–Kier alpha value is -2.04. The highest BCUT2D eigenvalue weighted by molar-refractivity contribution is 5.90. The van der Waals surface area contributed by atoms with E-state index in [-0.39, 0.29) is 12.0 Å². The number of hydrogen-bond acceptors (Lipinski definition) is 3. The summed E-state index contributed by atoms with van der Waals surface area (Å²) < 4.78 is 5.25. The van der Waals surface area contributed by atoms with E-state index in [9.17, 15) is 9.59 Å². The minimum atomic E-state index is -0.385. The number of ether oxygens (including phenoxy) is 1. The normalized spacial score (nSPS) is 9.84. The van der Waals surface area contributed by atoms with Gasteiger partial charge in [-0.25, -0.2) is 4.79 Å². The number of hydrogen-bond donors (Lipinski definition) is 1. The Morgan fingerprint density at radius 3 is 2.47 bits per heavy atom. The van der Waals surface area contributed by atoms with Crippen LogP contribution in [0.3, 0.4) is 0 Å². The van der Waals surface area contributed by atoms with Crippen LogP contribution in [0.2, 0.25) is 0 Å². The molecule has 0 atom stereocenters. The molecule has 0 aliphatic carbocycles. The van der Waals surface area contributed by atoms with Crippen LogP contribution in [0, 0.1) is 0 Å². The molecule has 1 aromatic rings. The van der Waals surface area contributed by atoms with Gasteiger partial charge >= 0.3 is 6.09 Å². The summed E-state index contributed by atoms with van der Waals surface area (Å²) in [6, 6.07) is 6.80. The van der Waals surface area contributed by atoms with Crippen molar-refractivity contribution < 1.29 is 14.3 Å². The molecule has 19 heavy (non-hydrogen) atoms. The third kappa shape index (κ3) is 4.62. The molecule has 0 bridgehead atoms. The zero-order chi connectivity index (χ0) is 14.3. The Morgan fingerprint density at radius 1 is 1.21 bits per heavy atom. The number of nitrogens with one attached hydrogen (secondary N) is 1. The molecule has 104 valence electrons. The molecule has 0 aliphatic heterocycles. The summed E-state index contributed by atoms with van der Waals surface area (Å²) >= 11 is 0. The van der Waals surface area contributed by atoms with Crippen LogP contribution in [0.5, 0.6) is 5.75 Å². The van der Waals surface area contributed by atoms with Gasteiger partial charge in [-0.05, 0) is 26.0 Å². The van der Waals surface area contributed by atoms with Crippen molar-refractivity contribution in [3.05, 3.63) is 24.3 Å². The van der Waals surface area contributed by atoms with Crippen LogP contribution in [-0.4, -0.2) is 30.0 Å². The average Bonchev–Trinajstić information content (AvgIpc) is 2.40. The number of benzene rings is 1. The highest BCUT2D eigenvalue weighted by Crippen LogP contribution is 2.18. The molecule has 0 radical (unpaired) electrons. The second-order valence-electron chi connectivity index (χ2n) is 3.97. The summed E-state index contributed by atoms with van der Waals surface area (Å²) in [5, 5.41) is 2.72. The van der Waals surface area contributed by atoms with E-state index in [2.05, 4.69) is 5.32 Å². The topological polar surface area (TPSA) is 58.6 Å². The molecular weight excluding hydrogens is 244 g/mol. The molecule has 0 aliphatic rings. The Bertz CT molecular complexity index is 442. The van der Waals surface area contributed by atoms with Crippen molar-refractivity contribution in [1.82, 2.24) is 4.90 Å². The second-order valence-corrected chi connectivity index (χ2v) is 3.97. The number of anilines is 1. The van der Waals surface area contributed by atoms with Gasteiger partial charge in [-0.3, -0.25) is 4.79 Å². The fraction of sp³-hybridized carbons (Fsp3) is 0.429. The lowest BCUT2D eigenvalue weighted by Gasteiger charge is -2.18. The van der Waals surface area contributed by atoms with Crippen molar-refractivity contribution in [2.24, 2.45) is 0 Å². The van der Waals surface area contributed by atoms with Crippen molar-refractivity contribution >= 4 is 17.7 Å². The lowest BCUT2D eigenvalue weighted by molar-refractivity contribution is -0.115. The van der Waals surface area contributed by atoms with Crippen LogP contribution in [0.1, 0.15) is 27.2 Å². The number of nitrogens with zero attached hydrogens (tertiary/aromatic N) is 1. The smallest absolute Gasteiger partial charge is 0.410 e. The molecule has 0 heterocycles. The second kappa shape index (κ2) is 7.41. The lowest BCUT2D eigenvalue weighted by atomic mass is 10.3. The maximum atomic E-state index is 11.8. The number of carbonyl (C=O) groups excluding carboxylic acids is 2. The van der Waals surface area contributed by atoms with E-state index in [1.807, 2.05) is 13.8 Å². The summed E-state index contributed by atoms with van der Waals surface area (Å²) in [4.78, 5) is 24.6. The van der Waals surface area contributed by atoms with E-state index in [0.717, 1.165) is 0 Å². The van der Waals surface area contributed by atoms with E-state index in [0.29, 0.717) is 30.9 Å². The predicted octanol–water partition coefficient (Wildman–Crippen LogP) is 2.88. The van der Waals surface area contributed by atoms with Gasteiger partial charge in [0.2, 0.25) is 5.91 Å². The Balaban J connectivity index is 2.71. The summed E-state index contributed by atoms with van der Waals surface area (Å²) in [6.07, 6.45) is 0.0210. The summed E-state index contributed by atoms with van der Waals surface area (Å²) in [5.74, 6) is 0.345. The van der Waals surface area contributed by atoms with Crippen molar-refractivity contribution in [1.29, 1.82) is 0 Å². The van der Waals surface area contributed by atoms with Gasteiger partial charge in [0.25, 0.3) is 0 Å². The number of rotatable bonds is 5. The van der Waals surface area contributed by atoms with E-state index < -0.39 is 0 Å². The molecular formula is C14H20N2O3. The first-order valence-corrected chi connectivity index (χ1v) is 6.47. The van der Waals surface area contributed by atoms with Crippen molar-refractivity contribution in [2.45, 2.75) is 27.2 Å². The van der Waals surface area contributed by atoms with Crippen LogP contribution in [0.15, 0.2) is 24.3 Å². The minimum Gasteiger partial charge on any atom is -0.410 e. The zero-order valence-electron chi connectivity index (χ0n) is 11.6. The van der Waals surface area contributed by atoms with E-state index in [1.165, 1.54) is 0 Å². The monoisotopic (exact) mass is 264 g/mol. The van der Waals surface area contributed by atoms with Gasteiger partial charge in [0.15, 0.2) is 0 Å². The number of amides is 2. The van der Waals surface area contributed by atoms with Gasteiger partial charge in [0.05, 0.1) is 0 Å². The molecule has 0 aromatic heterocycles. The molecule has 5 heteroatoms. The molecule has 0 saturated heterocycles. The van der Waals surface area contributed by atoms with Crippen molar-refractivity contribution in [3.63, 3.8) is 0 Å². The fourth-order valence-electron chi connectivity index (χ4n) is 1.53. The van der Waals surface area contributed by atoms with Gasteiger partial charge in [-0.1, -0.05) is 13.0 Å². The largest absolute Gasteiger partial charge is 0.415 e. The van der Waals surface area contributed by atoms with Gasteiger partial charge in [-0.2, -0.15) is 0 Å². The molecule has 5 nitrogen and oxygen atoms in total. The van der Waals surface area contributed by atoms with Crippen molar-refractivity contribution in [2.75, 3.05) is 18.4 Å².